The van der Waals surface area contributed by atoms with E-state index in [0.29, 0.717) is 0 Å². The summed E-state index contributed by atoms with van der Waals surface area (Å²) in [5.74, 6) is 0.127. The highest BCUT2D eigenvalue weighted by Crippen LogP contribution is 2.36. The summed E-state index contributed by atoms with van der Waals surface area (Å²) in [6.45, 7) is 3.92. The number of hydrogen-bond acceptors (Lipinski definition) is 2. The van der Waals surface area contributed by atoms with Crippen molar-refractivity contribution in [3.63, 3.8) is 0 Å². The zero-order chi connectivity index (χ0) is 13.3. The number of hydrogen-bond donors (Lipinski definition) is 0. The molecule has 0 aliphatic rings. The minimum atomic E-state index is -0.524. The van der Waals surface area contributed by atoms with Crippen LogP contribution in [0.3, 0.4) is 0 Å². The van der Waals surface area contributed by atoms with E-state index in [2.05, 4.69) is 31.9 Å². The Labute approximate surface area is 127 Å². The quantitative estimate of drug-likeness (QED) is 0.641. The molecular weight excluding hydrogens is 376 g/mol. The lowest BCUT2D eigenvalue weighted by Gasteiger charge is -2.23. The van der Waals surface area contributed by atoms with E-state index in [1.807, 2.05) is 50.2 Å². The molecule has 2 rings (SSSR count). The van der Waals surface area contributed by atoms with Crippen LogP contribution in [0.1, 0.15) is 29.8 Å². The van der Waals surface area contributed by atoms with Crippen LogP contribution in [-0.4, -0.2) is 5.78 Å². The number of ketones is 1. The molecule has 1 aromatic heterocycles. The van der Waals surface area contributed by atoms with E-state index in [-0.39, 0.29) is 5.78 Å². The Hall–Kier alpha value is -0.450. The molecule has 0 bridgehead atoms. The molecule has 94 valence electrons. The van der Waals surface area contributed by atoms with Crippen molar-refractivity contribution in [1.29, 1.82) is 0 Å². The Balaban J connectivity index is 2.42. The van der Waals surface area contributed by atoms with E-state index in [1.54, 1.807) is 0 Å². The lowest BCUT2D eigenvalue weighted by molar-refractivity contribution is 0.0908. The smallest absolute Gasteiger partial charge is 0.174 e. The molecule has 0 N–H and O–H groups in total. The number of Topliss-reactive ketones (excluding diaryl/α,β-unsaturated/α-hetero) is 1. The minimum absolute atomic E-state index is 0.127. The van der Waals surface area contributed by atoms with Gasteiger partial charge in [-0.25, -0.2) is 0 Å². The maximum absolute atomic E-state index is 12.7. The van der Waals surface area contributed by atoms with Crippen molar-refractivity contribution in [3.8, 4) is 0 Å². The molecule has 0 radical (unpaired) electrons. The average molecular weight is 388 g/mol. The summed E-state index contributed by atoms with van der Waals surface area (Å²) in [7, 11) is 0. The van der Waals surface area contributed by atoms with Gasteiger partial charge >= 0.3 is 0 Å². The van der Waals surface area contributed by atoms with Crippen LogP contribution < -0.4 is 0 Å². The predicted octanol–water partition coefficient (Wildman–Crippen LogP) is 5.43. The Kier molecular flexibility index (Phi) is 4.09. The van der Waals surface area contributed by atoms with Gasteiger partial charge < -0.3 is 0 Å². The SMILES string of the molecule is CC(C)(C(=O)c1cc(Br)sc1Br)c1ccccc1. The predicted molar refractivity (Wildman–Crippen MR) is 83.5 cm³/mol. The first-order valence-corrected chi connectivity index (χ1v) is 7.88. The van der Waals surface area contributed by atoms with Crippen LogP contribution in [0.5, 0.6) is 0 Å². The molecule has 1 heterocycles. The van der Waals surface area contributed by atoms with Gasteiger partial charge in [0, 0.05) is 5.56 Å². The Bertz CT molecular complexity index is 573. The van der Waals surface area contributed by atoms with Crippen molar-refractivity contribution in [1.82, 2.24) is 0 Å². The van der Waals surface area contributed by atoms with Gasteiger partial charge in [0.15, 0.2) is 5.78 Å². The number of carbonyl (C=O) groups excluding carboxylic acids is 1. The van der Waals surface area contributed by atoms with Crippen molar-refractivity contribution in [2.45, 2.75) is 19.3 Å². The zero-order valence-electron chi connectivity index (χ0n) is 10.0. The van der Waals surface area contributed by atoms with Crippen molar-refractivity contribution in [2.24, 2.45) is 0 Å². The molecule has 0 aliphatic heterocycles. The van der Waals surface area contributed by atoms with Gasteiger partial charge in [0.25, 0.3) is 0 Å². The van der Waals surface area contributed by atoms with Gasteiger partial charge in [0.2, 0.25) is 0 Å². The molecule has 0 fully saturated rings. The van der Waals surface area contributed by atoms with Crippen LogP contribution in [0.15, 0.2) is 44.0 Å². The third kappa shape index (κ3) is 2.60. The number of carbonyl (C=O) groups is 1. The van der Waals surface area contributed by atoms with Crippen molar-refractivity contribution < 1.29 is 4.79 Å². The second-order valence-electron chi connectivity index (χ2n) is 4.56. The van der Waals surface area contributed by atoms with Crippen molar-refractivity contribution in [3.05, 3.63) is 55.1 Å². The first kappa shape index (κ1) is 14.0. The molecule has 0 unspecified atom stereocenters. The van der Waals surface area contributed by atoms with E-state index in [0.717, 1.165) is 18.7 Å². The second kappa shape index (κ2) is 5.27. The number of rotatable bonds is 3. The van der Waals surface area contributed by atoms with E-state index >= 15 is 0 Å². The number of thiophene rings is 1. The van der Waals surface area contributed by atoms with Crippen LogP contribution in [0.25, 0.3) is 0 Å². The van der Waals surface area contributed by atoms with Crippen molar-refractivity contribution >= 4 is 49.0 Å². The van der Waals surface area contributed by atoms with Crippen molar-refractivity contribution in [2.75, 3.05) is 0 Å². The molecule has 0 spiro atoms. The van der Waals surface area contributed by atoms with E-state index in [1.165, 1.54) is 11.3 Å². The van der Waals surface area contributed by atoms with Gasteiger partial charge in [-0.2, -0.15) is 0 Å². The second-order valence-corrected chi connectivity index (χ2v) is 8.31. The summed E-state index contributed by atoms with van der Waals surface area (Å²) in [5.41, 5.74) is 1.24. The van der Waals surface area contributed by atoms with Crippen LogP contribution >= 0.6 is 43.2 Å². The lowest BCUT2D eigenvalue weighted by atomic mass is 9.78. The summed E-state index contributed by atoms with van der Waals surface area (Å²) >= 11 is 8.38. The molecule has 1 nitrogen and oxygen atoms in total. The Morgan fingerprint density at radius 2 is 1.78 bits per heavy atom. The molecule has 1 aromatic carbocycles. The fourth-order valence-corrected chi connectivity index (χ4v) is 4.61. The van der Waals surface area contributed by atoms with Crippen LogP contribution in [0.2, 0.25) is 0 Å². The number of benzene rings is 1. The summed E-state index contributed by atoms with van der Waals surface area (Å²) in [6, 6.07) is 11.7. The minimum Gasteiger partial charge on any atom is -0.293 e. The molecule has 0 saturated heterocycles. The molecule has 2 aromatic rings. The van der Waals surface area contributed by atoms with Gasteiger partial charge in [-0.15, -0.1) is 11.3 Å². The highest BCUT2D eigenvalue weighted by Gasteiger charge is 2.32. The third-order valence-electron chi connectivity index (χ3n) is 2.96. The Morgan fingerprint density at radius 3 is 2.28 bits per heavy atom. The normalized spacial score (nSPS) is 11.6. The summed E-state index contributed by atoms with van der Waals surface area (Å²) in [5, 5.41) is 0. The monoisotopic (exact) mass is 386 g/mol. The van der Waals surface area contributed by atoms with Gasteiger partial charge in [0.1, 0.15) is 0 Å². The Morgan fingerprint density at radius 1 is 1.17 bits per heavy atom. The summed E-state index contributed by atoms with van der Waals surface area (Å²) in [6.07, 6.45) is 0. The topological polar surface area (TPSA) is 17.1 Å². The summed E-state index contributed by atoms with van der Waals surface area (Å²) in [4.78, 5) is 12.7. The molecule has 0 aliphatic carbocycles. The lowest BCUT2D eigenvalue weighted by Crippen LogP contribution is -2.28. The standard InChI is InChI=1S/C14H12Br2OS/c1-14(2,9-6-4-3-5-7-9)12(17)10-8-11(15)18-13(10)16/h3-8H,1-2H3. The fourth-order valence-electron chi connectivity index (χ4n) is 1.82. The first-order chi connectivity index (χ1) is 8.43. The highest BCUT2D eigenvalue weighted by atomic mass is 79.9. The van der Waals surface area contributed by atoms with Gasteiger partial charge in [-0.3, -0.25) is 4.79 Å². The number of halogens is 2. The van der Waals surface area contributed by atoms with Crippen LogP contribution in [0.4, 0.5) is 0 Å². The van der Waals surface area contributed by atoms with Gasteiger partial charge in [-0.05, 0) is 57.3 Å². The van der Waals surface area contributed by atoms with E-state index in [4.69, 9.17) is 0 Å². The zero-order valence-corrected chi connectivity index (χ0v) is 14.0. The third-order valence-corrected chi connectivity index (χ3v) is 5.30. The highest BCUT2D eigenvalue weighted by molar-refractivity contribution is 9.12. The molecule has 4 heteroatoms. The molecule has 0 atom stereocenters. The molecule has 18 heavy (non-hydrogen) atoms. The van der Waals surface area contributed by atoms with Crippen LogP contribution in [-0.2, 0) is 5.41 Å². The first-order valence-electron chi connectivity index (χ1n) is 5.48. The average Bonchev–Trinajstić information content (AvgIpc) is 2.68. The maximum Gasteiger partial charge on any atom is 0.174 e. The van der Waals surface area contributed by atoms with E-state index < -0.39 is 5.41 Å². The molecule has 0 saturated carbocycles. The fraction of sp³-hybridized carbons (Fsp3) is 0.214. The van der Waals surface area contributed by atoms with Gasteiger partial charge in [-0.1, -0.05) is 30.3 Å². The van der Waals surface area contributed by atoms with Gasteiger partial charge in [0.05, 0.1) is 13.0 Å². The summed E-state index contributed by atoms with van der Waals surface area (Å²) < 4.78 is 1.84. The molecule has 0 amide bonds. The van der Waals surface area contributed by atoms with E-state index in [9.17, 15) is 4.79 Å². The largest absolute Gasteiger partial charge is 0.293 e. The van der Waals surface area contributed by atoms with Crippen LogP contribution in [0, 0.1) is 0 Å². The molecular formula is C14H12Br2OS. The maximum atomic E-state index is 12.7.